The van der Waals surface area contributed by atoms with Gasteiger partial charge in [0.05, 0.1) is 12.0 Å². The van der Waals surface area contributed by atoms with Gasteiger partial charge in [-0.1, -0.05) is 60.7 Å². The molecule has 0 aliphatic carbocycles. The second-order valence-electron chi connectivity index (χ2n) is 6.36. The second kappa shape index (κ2) is 5.75. The predicted molar refractivity (Wildman–Crippen MR) is 102 cm³/mol. The highest BCUT2D eigenvalue weighted by molar-refractivity contribution is 6.05. The van der Waals surface area contributed by atoms with E-state index in [0.29, 0.717) is 0 Å². The fraction of sp³-hybridized carbons (Fsp3) is 0.0870. The summed E-state index contributed by atoms with van der Waals surface area (Å²) in [5.41, 5.74) is 3.41. The summed E-state index contributed by atoms with van der Waals surface area (Å²) in [5.74, 6) is 0. The fourth-order valence-corrected chi connectivity index (χ4v) is 3.73. The third-order valence-electron chi connectivity index (χ3n) is 4.91. The van der Waals surface area contributed by atoms with Gasteiger partial charge in [0.25, 0.3) is 0 Å². The summed E-state index contributed by atoms with van der Waals surface area (Å²) < 4.78 is 5.85. The number of ether oxygens (including phenoxy) is 1. The standard InChI is InChI=1S/C23H17NO/c1-3-8-18-16(6-1)11-12-20(21-10-5-15-25-21)22(18)23-19-9-4-2-7-17(19)13-14-24-23/h1-9,11-15,21H,10H2/t21-/m0/s1. The van der Waals surface area contributed by atoms with Crippen LogP contribution >= 0.6 is 0 Å². The number of hydrogen-bond donors (Lipinski definition) is 0. The van der Waals surface area contributed by atoms with Crippen LogP contribution in [0.4, 0.5) is 0 Å². The summed E-state index contributed by atoms with van der Waals surface area (Å²) in [5, 5.41) is 4.83. The zero-order valence-electron chi connectivity index (χ0n) is 13.7. The third-order valence-corrected chi connectivity index (χ3v) is 4.91. The van der Waals surface area contributed by atoms with Crippen molar-refractivity contribution in [2.75, 3.05) is 0 Å². The highest BCUT2D eigenvalue weighted by Crippen LogP contribution is 2.40. The van der Waals surface area contributed by atoms with E-state index in [-0.39, 0.29) is 6.10 Å². The molecule has 0 saturated carbocycles. The summed E-state index contributed by atoms with van der Waals surface area (Å²) in [4.78, 5) is 4.78. The molecule has 1 atom stereocenters. The minimum atomic E-state index is 0.0559. The quantitative estimate of drug-likeness (QED) is 0.449. The third kappa shape index (κ3) is 2.30. The van der Waals surface area contributed by atoms with Crippen LogP contribution in [0.5, 0.6) is 0 Å². The Labute approximate surface area is 146 Å². The molecule has 1 aliphatic heterocycles. The smallest absolute Gasteiger partial charge is 0.127 e. The maximum atomic E-state index is 5.85. The molecule has 0 spiro atoms. The number of fused-ring (bicyclic) bond motifs is 2. The summed E-state index contributed by atoms with van der Waals surface area (Å²) in [6.45, 7) is 0. The van der Waals surface area contributed by atoms with E-state index >= 15 is 0 Å². The molecule has 2 nitrogen and oxygen atoms in total. The zero-order chi connectivity index (χ0) is 16.6. The van der Waals surface area contributed by atoms with Gasteiger partial charge >= 0.3 is 0 Å². The van der Waals surface area contributed by atoms with E-state index in [9.17, 15) is 0 Å². The van der Waals surface area contributed by atoms with Crippen LogP contribution in [0.15, 0.2) is 85.3 Å². The van der Waals surface area contributed by atoms with Crippen molar-refractivity contribution in [1.82, 2.24) is 4.98 Å². The monoisotopic (exact) mass is 323 g/mol. The van der Waals surface area contributed by atoms with Crippen molar-refractivity contribution in [1.29, 1.82) is 0 Å². The van der Waals surface area contributed by atoms with E-state index in [0.717, 1.165) is 12.1 Å². The van der Waals surface area contributed by atoms with Crippen molar-refractivity contribution in [2.24, 2.45) is 0 Å². The Kier molecular flexibility index (Phi) is 3.27. The number of benzene rings is 3. The average molecular weight is 323 g/mol. The lowest BCUT2D eigenvalue weighted by molar-refractivity contribution is 0.174. The average Bonchev–Trinajstić information content (AvgIpc) is 3.21. The Hall–Kier alpha value is -3.13. The maximum Gasteiger partial charge on any atom is 0.127 e. The molecular formula is C23H17NO. The largest absolute Gasteiger partial charge is 0.493 e. The number of pyridine rings is 1. The SMILES string of the molecule is C1=CO[C@H](c2ccc3ccccc3c2-c2nccc3ccccc23)C1. The number of aromatic nitrogens is 1. The first-order valence-corrected chi connectivity index (χ1v) is 8.58. The molecule has 25 heavy (non-hydrogen) atoms. The molecule has 0 saturated heterocycles. The van der Waals surface area contributed by atoms with Gasteiger partial charge in [0.2, 0.25) is 0 Å². The van der Waals surface area contributed by atoms with Gasteiger partial charge < -0.3 is 4.74 Å². The molecule has 0 radical (unpaired) electrons. The molecule has 4 aromatic rings. The summed E-state index contributed by atoms with van der Waals surface area (Å²) >= 11 is 0. The topological polar surface area (TPSA) is 22.1 Å². The molecule has 0 N–H and O–H groups in total. The molecule has 0 unspecified atom stereocenters. The van der Waals surface area contributed by atoms with Crippen LogP contribution in [0.3, 0.4) is 0 Å². The van der Waals surface area contributed by atoms with E-state index in [2.05, 4.69) is 72.8 Å². The minimum Gasteiger partial charge on any atom is -0.493 e. The maximum absolute atomic E-state index is 5.85. The number of rotatable bonds is 2. The van der Waals surface area contributed by atoms with Crippen molar-refractivity contribution in [2.45, 2.75) is 12.5 Å². The number of nitrogens with zero attached hydrogens (tertiary/aromatic N) is 1. The molecular weight excluding hydrogens is 306 g/mol. The molecule has 2 heteroatoms. The second-order valence-corrected chi connectivity index (χ2v) is 6.36. The summed E-state index contributed by atoms with van der Waals surface area (Å²) in [6, 6.07) is 23.4. The molecule has 1 aromatic heterocycles. The van der Waals surface area contributed by atoms with Crippen molar-refractivity contribution < 1.29 is 4.74 Å². The van der Waals surface area contributed by atoms with Gasteiger partial charge in [0.1, 0.15) is 6.10 Å². The van der Waals surface area contributed by atoms with E-state index in [1.807, 2.05) is 6.20 Å². The van der Waals surface area contributed by atoms with Crippen molar-refractivity contribution in [3.05, 3.63) is 90.8 Å². The van der Waals surface area contributed by atoms with Crippen LogP contribution in [-0.2, 0) is 4.74 Å². The van der Waals surface area contributed by atoms with Crippen LogP contribution in [0.25, 0.3) is 32.8 Å². The van der Waals surface area contributed by atoms with Gasteiger partial charge in [-0.2, -0.15) is 0 Å². The highest BCUT2D eigenvalue weighted by atomic mass is 16.5. The van der Waals surface area contributed by atoms with Crippen molar-refractivity contribution in [3.8, 4) is 11.3 Å². The van der Waals surface area contributed by atoms with E-state index in [4.69, 9.17) is 9.72 Å². The lowest BCUT2D eigenvalue weighted by Gasteiger charge is -2.19. The minimum absolute atomic E-state index is 0.0559. The molecule has 1 aliphatic rings. The van der Waals surface area contributed by atoms with Gasteiger partial charge in [-0.15, -0.1) is 0 Å². The van der Waals surface area contributed by atoms with Gasteiger partial charge in [-0.05, 0) is 28.3 Å². The van der Waals surface area contributed by atoms with Crippen molar-refractivity contribution in [3.63, 3.8) is 0 Å². The highest BCUT2D eigenvalue weighted by Gasteiger charge is 2.22. The predicted octanol–water partition coefficient (Wildman–Crippen LogP) is 6.03. The molecule has 0 fully saturated rings. The van der Waals surface area contributed by atoms with E-state index < -0.39 is 0 Å². The Morgan fingerprint density at radius 1 is 0.800 bits per heavy atom. The fourth-order valence-electron chi connectivity index (χ4n) is 3.73. The van der Waals surface area contributed by atoms with Gasteiger partial charge in [0, 0.05) is 29.1 Å². The lowest BCUT2D eigenvalue weighted by Crippen LogP contribution is -2.01. The molecule has 120 valence electrons. The Balaban J connectivity index is 1.88. The first-order valence-electron chi connectivity index (χ1n) is 8.58. The first kappa shape index (κ1) is 14.2. The molecule has 2 heterocycles. The Morgan fingerprint density at radius 2 is 1.56 bits per heavy atom. The number of hydrogen-bond acceptors (Lipinski definition) is 2. The van der Waals surface area contributed by atoms with Gasteiger partial charge in [0.15, 0.2) is 0 Å². The Bertz CT molecular complexity index is 1100. The van der Waals surface area contributed by atoms with Crippen LogP contribution in [0.1, 0.15) is 18.1 Å². The molecule has 3 aromatic carbocycles. The van der Waals surface area contributed by atoms with Crippen LogP contribution < -0.4 is 0 Å². The van der Waals surface area contributed by atoms with E-state index in [1.54, 1.807) is 6.26 Å². The van der Waals surface area contributed by atoms with Gasteiger partial charge in [-0.3, -0.25) is 4.98 Å². The van der Waals surface area contributed by atoms with Crippen LogP contribution in [-0.4, -0.2) is 4.98 Å². The van der Waals surface area contributed by atoms with Crippen LogP contribution in [0, 0.1) is 0 Å². The summed E-state index contributed by atoms with van der Waals surface area (Å²) in [6.07, 6.45) is 6.74. The normalized spacial score (nSPS) is 16.4. The van der Waals surface area contributed by atoms with Gasteiger partial charge in [-0.25, -0.2) is 0 Å². The van der Waals surface area contributed by atoms with Crippen LogP contribution in [0.2, 0.25) is 0 Å². The molecule has 0 amide bonds. The molecule has 5 rings (SSSR count). The summed E-state index contributed by atoms with van der Waals surface area (Å²) in [7, 11) is 0. The van der Waals surface area contributed by atoms with Crippen molar-refractivity contribution >= 4 is 21.5 Å². The zero-order valence-corrected chi connectivity index (χ0v) is 13.7. The molecule has 0 bridgehead atoms. The Morgan fingerprint density at radius 3 is 2.36 bits per heavy atom. The van der Waals surface area contributed by atoms with E-state index in [1.165, 1.54) is 32.7 Å². The first-order chi connectivity index (χ1) is 12.4. The lowest BCUT2D eigenvalue weighted by atomic mass is 9.90.